The molecule has 2 unspecified atom stereocenters. The first-order chi connectivity index (χ1) is 14.6. The summed E-state index contributed by atoms with van der Waals surface area (Å²) in [7, 11) is -4.06. The Labute approximate surface area is 180 Å². The van der Waals surface area contributed by atoms with E-state index in [1.165, 1.54) is 25.1 Å². The maximum atomic E-state index is 12.8. The molecule has 0 saturated heterocycles. The fourth-order valence-electron chi connectivity index (χ4n) is 3.09. The van der Waals surface area contributed by atoms with Gasteiger partial charge >= 0.3 is 0 Å². The molecule has 0 fully saturated rings. The zero-order valence-corrected chi connectivity index (χ0v) is 18.3. The van der Waals surface area contributed by atoms with Gasteiger partial charge in [0.25, 0.3) is 5.91 Å². The third kappa shape index (κ3) is 5.11. The number of ether oxygens (including phenoxy) is 1. The summed E-state index contributed by atoms with van der Waals surface area (Å²) in [4.78, 5) is 36.8. The molecule has 2 atom stereocenters. The van der Waals surface area contributed by atoms with E-state index < -0.39 is 38.6 Å². The van der Waals surface area contributed by atoms with Crippen molar-refractivity contribution in [3.8, 4) is 5.75 Å². The molecule has 2 aromatic carbocycles. The van der Waals surface area contributed by atoms with Crippen LogP contribution >= 0.6 is 0 Å². The van der Waals surface area contributed by atoms with Gasteiger partial charge in [0.05, 0.1) is 5.69 Å². The lowest BCUT2D eigenvalue weighted by Crippen LogP contribution is -2.35. The molecule has 0 saturated carbocycles. The highest BCUT2D eigenvalue weighted by atomic mass is 32.2. The van der Waals surface area contributed by atoms with Crippen molar-refractivity contribution < 1.29 is 27.5 Å². The van der Waals surface area contributed by atoms with Crippen molar-refractivity contribution in [2.75, 3.05) is 16.4 Å². The summed E-state index contributed by atoms with van der Waals surface area (Å²) in [5.41, 5.74) is 1.97. The fourth-order valence-corrected chi connectivity index (χ4v) is 4.24. The number of hydrogen-bond donors (Lipinski definition) is 2. The quantitative estimate of drug-likeness (QED) is 0.634. The number of benzene rings is 2. The molecule has 1 heterocycles. The van der Waals surface area contributed by atoms with Gasteiger partial charge in [0.2, 0.25) is 5.91 Å². The van der Waals surface area contributed by atoms with Crippen molar-refractivity contribution in [1.29, 1.82) is 0 Å². The third-order valence-corrected chi connectivity index (χ3v) is 7.04. The van der Waals surface area contributed by atoms with Gasteiger partial charge in [-0.1, -0.05) is 19.1 Å². The molecular formula is C22H24N2O6S. The van der Waals surface area contributed by atoms with E-state index >= 15 is 0 Å². The molecule has 9 heteroatoms. The maximum Gasteiger partial charge on any atom is 0.265 e. The van der Waals surface area contributed by atoms with Crippen molar-refractivity contribution >= 4 is 38.8 Å². The molecule has 164 valence electrons. The number of carbonyl (C=O) groups excluding carboxylic acids is 3. The molecule has 1 aliphatic heterocycles. The molecule has 1 aliphatic rings. The predicted molar refractivity (Wildman–Crippen MR) is 117 cm³/mol. The average Bonchev–Trinajstić information content (AvgIpc) is 2.73. The van der Waals surface area contributed by atoms with E-state index in [1.807, 2.05) is 19.1 Å². The van der Waals surface area contributed by atoms with Crippen LogP contribution in [0.1, 0.15) is 36.7 Å². The number of fused-ring (bicyclic) bond motifs is 1. The lowest BCUT2D eigenvalue weighted by Gasteiger charge is -2.23. The normalized spacial score (nSPS) is 16.5. The second-order valence-electron chi connectivity index (χ2n) is 7.37. The van der Waals surface area contributed by atoms with Crippen LogP contribution in [0.3, 0.4) is 0 Å². The van der Waals surface area contributed by atoms with Gasteiger partial charge < -0.3 is 15.4 Å². The summed E-state index contributed by atoms with van der Waals surface area (Å²) in [6, 6.07) is 11.4. The summed E-state index contributed by atoms with van der Waals surface area (Å²) in [5, 5.41) is 3.73. The van der Waals surface area contributed by atoms with Gasteiger partial charge in [0.15, 0.2) is 21.7 Å². The Kier molecular flexibility index (Phi) is 6.45. The highest BCUT2D eigenvalue weighted by Gasteiger charge is 2.32. The van der Waals surface area contributed by atoms with E-state index in [9.17, 15) is 22.8 Å². The van der Waals surface area contributed by atoms with Crippen LogP contribution in [-0.2, 0) is 25.8 Å². The fraction of sp³-hybridized carbons (Fsp3) is 0.318. The van der Waals surface area contributed by atoms with E-state index in [-0.39, 0.29) is 11.5 Å². The molecule has 31 heavy (non-hydrogen) atoms. The number of sulfone groups is 1. The average molecular weight is 445 g/mol. The molecule has 2 amide bonds. The van der Waals surface area contributed by atoms with Crippen LogP contribution in [0, 0.1) is 0 Å². The largest absolute Gasteiger partial charge is 0.479 e. The first kappa shape index (κ1) is 22.5. The SMILES string of the molecule is CCc1ccc(NC(=O)CS(=O)(=O)C(C)C(=O)c2ccc3c(c2)NC(=O)C(C)O3)cc1. The Morgan fingerprint density at radius 1 is 1.16 bits per heavy atom. The lowest BCUT2D eigenvalue weighted by atomic mass is 10.1. The highest BCUT2D eigenvalue weighted by molar-refractivity contribution is 7.93. The molecule has 2 aromatic rings. The van der Waals surface area contributed by atoms with E-state index in [0.717, 1.165) is 12.0 Å². The number of ketones is 1. The third-order valence-electron chi connectivity index (χ3n) is 5.08. The number of aryl methyl sites for hydroxylation is 1. The molecule has 2 N–H and O–H groups in total. The molecular weight excluding hydrogens is 420 g/mol. The predicted octanol–water partition coefficient (Wildman–Crippen LogP) is 2.59. The zero-order valence-electron chi connectivity index (χ0n) is 17.5. The van der Waals surface area contributed by atoms with Crippen LogP contribution in [-0.4, -0.2) is 43.1 Å². The maximum absolute atomic E-state index is 12.8. The Morgan fingerprint density at radius 3 is 2.48 bits per heavy atom. The minimum absolute atomic E-state index is 0.101. The molecule has 0 aromatic heterocycles. The first-order valence-corrected chi connectivity index (χ1v) is 11.6. The Morgan fingerprint density at radius 2 is 1.84 bits per heavy atom. The van der Waals surface area contributed by atoms with Crippen LogP contribution in [0.4, 0.5) is 11.4 Å². The number of Topliss-reactive ketones (excluding diaryl/α,β-unsaturated/α-hetero) is 1. The van der Waals surface area contributed by atoms with Crippen molar-refractivity contribution in [2.24, 2.45) is 0 Å². The highest BCUT2D eigenvalue weighted by Crippen LogP contribution is 2.31. The smallest absolute Gasteiger partial charge is 0.265 e. The molecule has 0 bridgehead atoms. The number of hydrogen-bond acceptors (Lipinski definition) is 6. The van der Waals surface area contributed by atoms with E-state index in [2.05, 4.69) is 10.6 Å². The van der Waals surface area contributed by atoms with E-state index in [4.69, 9.17) is 4.74 Å². The molecule has 8 nitrogen and oxygen atoms in total. The van der Waals surface area contributed by atoms with Crippen LogP contribution in [0.5, 0.6) is 5.75 Å². The van der Waals surface area contributed by atoms with Gasteiger partial charge in [0.1, 0.15) is 16.8 Å². The first-order valence-electron chi connectivity index (χ1n) is 9.87. The monoisotopic (exact) mass is 444 g/mol. The second kappa shape index (κ2) is 8.89. The van der Waals surface area contributed by atoms with Crippen molar-refractivity contribution in [3.05, 3.63) is 53.6 Å². The van der Waals surface area contributed by atoms with E-state index in [0.29, 0.717) is 17.1 Å². The standard InChI is InChI=1S/C22H24N2O6S/c1-4-15-5-8-17(9-6-15)23-20(25)12-31(28,29)14(3)21(26)16-7-10-19-18(11-16)24-22(27)13(2)30-19/h5-11,13-14H,4,12H2,1-3H3,(H,23,25)(H,24,27). The lowest BCUT2D eigenvalue weighted by molar-refractivity contribution is -0.122. The summed E-state index contributed by atoms with van der Waals surface area (Å²) < 4.78 is 30.7. The Balaban J connectivity index is 1.69. The summed E-state index contributed by atoms with van der Waals surface area (Å²) in [6.45, 7) is 4.84. The van der Waals surface area contributed by atoms with Crippen molar-refractivity contribution in [1.82, 2.24) is 0 Å². The topological polar surface area (TPSA) is 119 Å². The zero-order chi connectivity index (χ0) is 22.8. The van der Waals surface area contributed by atoms with Crippen LogP contribution in [0.2, 0.25) is 0 Å². The minimum atomic E-state index is -4.06. The number of amides is 2. The Bertz CT molecular complexity index is 1130. The van der Waals surface area contributed by atoms with Crippen molar-refractivity contribution in [2.45, 2.75) is 38.5 Å². The van der Waals surface area contributed by atoms with Gasteiger partial charge in [0, 0.05) is 11.3 Å². The van der Waals surface area contributed by atoms with E-state index in [1.54, 1.807) is 19.1 Å². The van der Waals surface area contributed by atoms with Gasteiger partial charge in [-0.05, 0) is 56.2 Å². The molecule has 3 rings (SSSR count). The minimum Gasteiger partial charge on any atom is -0.479 e. The van der Waals surface area contributed by atoms with Crippen LogP contribution < -0.4 is 15.4 Å². The number of carbonyl (C=O) groups is 3. The van der Waals surface area contributed by atoms with Gasteiger partial charge in [-0.3, -0.25) is 14.4 Å². The molecule has 0 spiro atoms. The van der Waals surface area contributed by atoms with Crippen LogP contribution in [0.25, 0.3) is 0 Å². The molecule has 0 aliphatic carbocycles. The number of rotatable bonds is 7. The van der Waals surface area contributed by atoms with Gasteiger partial charge in [-0.15, -0.1) is 0 Å². The molecule has 0 radical (unpaired) electrons. The van der Waals surface area contributed by atoms with Gasteiger partial charge in [-0.25, -0.2) is 8.42 Å². The second-order valence-corrected chi connectivity index (χ2v) is 9.69. The summed E-state index contributed by atoms with van der Waals surface area (Å²) >= 11 is 0. The van der Waals surface area contributed by atoms with Gasteiger partial charge in [-0.2, -0.15) is 0 Å². The van der Waals surface area contributed by atoms with Crippen LogP contribution in [0.15, 0.2) is 42.5 Å². The number of anilines is 2. The number of nitrogens with one attached hydrogen (secondary N) is 2. The van der Waals surface area contributed by atoms with Crippen molar-refractivity contribution in [3.63, 3.8) is 0 Å². The Hall–Kier alpha value is -3.20. The summed E-state index contributed by atoms with van der Waals surface area (Å²) in [5.74, 6) is -2.17. The summed E-state index contributed by atoms with van der Waals surface area (Å²) in [6.07, 6.45) is 0.185.